The van der Waals surface area contributed by atoms with Crippen molar-refractivity contribution in [2.24, 2.45) is 5.14 Å². The summed E-state index contributed by atoms with van der Waals surface area (Å²) in [6.45, 7) is 0.111. The molecule has 20 heavy (non-hydrogen) atoms. The largest absolute Gasteiger partial charge is 0.492 e. The quantitative estimate of drug-likeness (QED) is 0.598. The summed E-state index contributed by atoms with van der Waals surface area (Å²) in [5.41, 5.74) is -0.288. The lowest BCUT2D eigenvalue weighted by molar-refractivity contribution is 0.0387. The lowest BCUT2D eigenvalue weighted by Gasteiger charge is -2.10. The van der Waals surface area contributed by atoms with Crippen molar-refractivity contribution in [1.29, 1.82) is 0 Å². The Morgan fingerprint density at radius 3 is 2.45 bits per heavy atom. The summed E-state index contributed by atoms with van der Waals surface area (Å²) in [6.07, 6.45) is 0. The van der Waals surface area contributed by atoms with Crippen LogP contribution in [0, 0.1) is 5.82 Å². The first-order valence-corrected chi connectivity index (χ1v) is 6.92. The highest BCUT2D eigenvalue weighted by molar-refractivity contribution is 7.89. The van der Waals surface area contributed by atoms with Crippen molar-refractivity contribution < 1.29 is 31.8 Å². The number of carbonyl (C=O) groups excluding carboxylic acids is 1. The van der Waals surface area contributed by atoms with Crippen LogP contribution in [0.4, 0.5) is 4.39 Å². The van der Waals surface area contributed by atoms with Crippen LogP contribution < -0.4 is 9.88 Å². The maximum Gasteiger partial charge on any atom is 0.338 e. The minimum absolute atomic E-state index is 0.0479. The molecular weight excluding hydrogens is 293 g/mol. The number of halogens is 1. The van der Waals surface area contributed by atoms with E-state index in [4.69, 9.17) is 9.88 Å². The van der Waals surface area contributed by atoms with E-state index >= 15 is 0 Å². The first-order valence-electron chi connectivity index (χ1n) is 5.37. The van der Waals surface area contributed by atoms with E-state index in [0.717, 1.165) is 19.2 Å². The molecule has 0 aliphatic heterocycles. The summed E-state index contributed by atoms with van der Waals surface area (Å²) in [6, 6.07) is 1.70. The van der Waals surface area contributed by atoms with Crippen molar-refractivity contribution in [2.45, 2.75) is 4.90 Å². The average molecular weight is 307 g/mol. The molecule has 1 aromatic rings. The summed E-state index contributed by atoms with van der Waals surface area (Å²) >= 11 is 0. The van der Waals surface area contributed by atoms with Crippen LogP contribution in [0.3, 0.4) is 0 Å². The molecule has 0 heterocycles. The molecule has 0 saturated heterocycles. The Balaban J connectivity index is 3.18. The van der Waals surface area contributed by atoms with Crippen molar-refractivity contribution in [1.82, 2.24) is 0 Å². The summed E-state index contributed by atoms with van der Waals surface area (Å²) < 4.78 is 50.5. The molecule has 0 spiro atoms. The Bertz CT molecular complexity index is 601. The van der Waals surface area contributed by atoms with Crippen molar-refractivity contribution in [3.8, 4) is 5.75 Å². The van der Waals surface area contributed by atoms with E-state index in [1.54, 1.807) is 0 Å². The molecule has 0 atom stereocenters. The van der Waals surface area contributed by atoms with E-state index < -0.39 is 32.5 Å². The third kappa shape index (κ3) is 3.89. The zero-order valence-electron chi connectivity index (χ0n) is 10.9. The fourth-order valence-corrected chi connectivity index (χ4v) is 2.13. The highest BCUT2D eigenvalue weighted by Gasteiger charge is 2.23. The number of benzene rings is 1. The number of carbonyl (C=O) groups is 1. The van der Waals surface area contributed by atoms with Gasteiger partial charge >= 0.3 is 5.97 Å². The molecule has 1 rings (SSSR count). The van der Waals surface area contributed by atoms with Gasteiger partial charge in [-0.2, -0.15) is 0 Å². The number of primary sulfonamides is 1. The maximum atomic E-state index is 13.7. The predicted molar refractivity (Wildman–Crippen MR) is 66.5 cm³/mol. The van der Waals surface area contributed by atoms with Gasteiger partial charge in [0.15, 0.2) is 11.6 Å². The number of sulfonamides is 1. The molecule has 112 valence electrons. The van der Waals surface area contributed by atoms with Crippen molar-refractivity contribution in [3.05, 3.63) is 23.5 Å². The Labute approximate surface area is 115 Å². The molecular formula is C11H14FNO6S. The molecule has 7 nitrogen and oxygen atoms in total. The zero-order chi connectivity index (χ0) is 15.3. The van der Waals surface area contributed by atoms with Gasteiger partial charge in [0.1, 0.15) is 11.5 Å². The second-order valence-electron chi connectivity index (χ2n) is 3.66. The van der Waals surface area contributed by atoms with Gasteiger partial charge in [-0.15, -0.1) is 0 Å². The number of rotatable bonds is 6. The van der Waals surface area contributed by atoms with Gasteiger partial charge in [-0.25, -0.2) is 22.7 Å². The standard InChI is InChI=1S/C11H14FNO6S/c1-17-3-4-19-11(14)7-5-8(12)10(18-2)9(6-7)20(13,15)16/h5-6H,3-4H2,1-2H3,(H2,13,15,16). The highest BCUT2D eigenvalue weighted by atomic mass is 32.2. The topological polar surface area (TPSA) is 105 Å². The Morgan fingerprint density at radius 2 is 1.95 bits per heavy atom. The lowest BCUT2D eigenvalue weighted by Crippen LogP contribution is -2.16. The van der Waals surface area contributed by atoms with Crippen molar-refractivity contribution in [2.75, 3.05) is 27.4 Å². The van der Waals surface area contributed by atoms with Crippen LogP contribution in [0.25, 0.3) is 0 Å². The molecule has 0 bridgehead atoms. The van der Waals surface area contributed by atoms with Crippen LogP contribution in [-0.2, 0) is 19.5 Å². The van der Waals surface area contributed by atoms with Crippen LogP contribution in [0.5, 0.6) is 5.75 Å². The van der Waals surface area contributed by atoms with Gasteiger partial charge in [0, 0.05) is 7.11 Å². The molecule has 0 amide bonds. The maximum absolute atomic E-state index is 13.7. The van der Waals surface area contributed by atoms with E-state index in [1.807, 2.05) is 0 Å². The van der Waals surface area contributed by atoms with Crippen LogP contribution in [0.2, 0.25) is 0 Å². The Hall–Kier alpha value is -1.71. The molecule has 0 saturated carbocycles. The summed E-state index contributed by atoms with van der Waals surface area (Å²) in [7, 11) is -1.74. The molecule has 0 aliphatic rings. The fourth-order valence-electron chi connectivity index (χ4n) is 1.40. The first-order chi connectivity index (χ1) is 9.31. The molecule has 0 aromatic heterocycles. The van der Waals surface area contributed by atoms with E-state index in [2.05, 4.69) is 9.47 Å². The summed E-state index contributed by atoms with van der Waals surface area (Å²) in [5, 5.41) is 4.95. The SMILES string of the molecule is COCCOC(=O)c1cc(F)c(OC)c(S(N)(=O)=O)c1. The van der Waals surface area contributed by atoms with Gasteiger partial charge < -0.3 is 14.2 Å². The number of esters is 1. The second-order valence-corrected chi connectivity index (χ2v) is 5.19. The smallest absolute Gasteiger partial charge is 0.338 e. The number of hydrogen-bond donors (Lipinski definition) is 1. The van der Waals surface area contributed by atoms with Crippen LogP contribution >= 0.6 is 0 Å². The molecule has 1 aromatic carbocycles. The number of hydrogen-bond acceptors (Lipinski definition) is 6. The van der Waals surface area contributed by atoms with E-state index in [9.17, 15) is 17.6 Å². The van der Waals surface area contributed by atoms with E-state index in [-0.39, 0.29) is 18.8 Å². The highest BCUT2D eigenvalue weighted by Crippen LogP contribution is 2.28. The average Bonchev–Trinajstić information content (AvgIpc) is 2.36. The molecule has 0 aliphatic carbocycles. The van der Waals surface area contributed by atoms with Gasteiger partial charge in [0.05, 0.1) is 19.3 Å². The normalized spacial score (nSPS) is 11.2. The number of methoxy groups -OCH3 is 2. The van der Waals surface area contributed by atoms with Gasteiger partial charge in [-0.05, 0) is 12.1 Å². The predicted octanol–water partition coefficient (Wildman–Crippen LogP) is 0.285. The Morgan fingerprint density at radius 1 is 1.30 bits per heavy atom. The molecule has 0 fully saturated rings. The molecule has 0 radical (unpaired) electrons. The van der Waals surface area contributed by atoms with Crippen LogP contribution in [0.1, 0.15) is 10.4 Å². The minimum Gasteiger partial charge on any atom is -0.492 e. The fraction of sp³-hybridized carbons (Fsp3) is 0.364. The van der Waals surface area contributed by atoms with E-state index in [1.165, 1.54) is 7.11 Å². The lowest BCUT2D eigenvalue weighted by atomic mass is 10.2. The Kier molecular flexibility index (Phi) is 5.43. The third-order valence-corrected chi connectivity index (χ3v) is 3.19. The number of nitrogens with two attached hydrogens (primary N) is 1. The van der Waals surface area contributed by atoms with Crippen molar-refractivity contribution in [3.63, 3.8) is 0 Å². The molecule has 2 N–H and O–H groups in total. The second kappa shape index (κ2) is 6.64. The van der Waals surface area contributed by atoms with Gasteiger partial charge in [-0.3, -0.25) is 0 Å². The van der Waals surface area contributed by atoms with Crippen LogP contribution in [-0.4, -0.2) is 41.8 Å². The minimum atomic E-state index is -4.25. The summed E-state index contributed by atoms with van der Waals surface area (Å²) in [5.74, 6) is -2.48. The monoisotopic (exact) mass is 307 g/mol. The first kappa shape index (κ1) is 16.3. The van der Waals surface area contributed by atoms with Crippen molar-refractivity contribution >= 4 is 16.0 Å². The van der Waals surface area contributed by atoms with E-state index in [0.29, 0.717) is 0 Å². The van der Waals surface area contributed by atoms with Crippen LogP contribution in [0.15, 0.2) is 17.0 Å². The zero-order valence-corrected chi connectivity index (χ0v) is 11.7. The van der Waals surface area contributed by atoms with Gasteiger partial charge in [0.25, 0.3) is 0 Å². The molecule has 9 heteroatoms. The van der Waals surface area contributed by atoms with Gasteiger partial charge in [-0.1, -0.05) is 0 Å². The molecule has 0 unspecified atom stereocenters. The third-order valence-electron chi connectivity index (χ3n) is 2.28. The summed E-state index contributed by atoms with van der Waals surface area (Å²) in [4.78, 5) is 11.0. The number of ether oxygens (including phenoxy) is 3. The van der Waals surface area contributed by atoms with Gasteiger partial charge in [0.2, 0.25) is 10.0 Å².